The topological polar surface area (TPSA) is 58.0 Å². The van der Waals surface area contributed by atoms with Crippen molar-refractivity contribution in [2.45, 2.75) is 0 Å². The van der Waals surface area contributed by atoms with E-state index < -0.39 is 0 Å². The van der Waals surface area contributed by atoms with Gasteiger partial charge in [0.2, 0.25) is 0 Å². The molecule has 6 heteroatoms. The maximum absolute atomic E-state index is 13.4. The van der Waals surface area contributed by atoms with Crippen LogP contribution < -0.4 is 10.2 Å². The zero-order chi connectivity index (χ0) is 14.1. The molecule has 0 unspecified atom stereocenters. The van der Waals surface area contributed by atoms with E-state index in [9.17, 15) is 4.39 Å². The minimum absolute atomic E-state index is 0.261. The van der Waals surface area contributed by atoms with Gasteiger partial charge in [0.05, 0.1) is 27.2 Å². The van der Waals surface area contributed by atoms with Gasteiger partial charge in [-0.25, -0.2) is 14.4 Å². The Kier molecular flexibility index (Phi) is 3.23. The molecule has 20 heavy (non-hydrogen) atoms. The highest BCUT2D eigenvalue weighted by molar-refractivity contribution is 6.07. The van der Waals surface area contributed by atoms with Gasteiger partial charge < -0.3 is 15.2 Å². The van der Waals surface area contributed by atoms with Gasteiger partial charge in [-0.15, -0.1) is 0 Å². The van der Waals surface area contributed by atoms with Gasteiger partial charge in [-0.2, -0.15) is 0 Å². The molecule has 104 valence electrons. The van der Waals surface area contributed by atoms with E-state index in [0.717, 1.165) is 40.8 Å². The summed E-state index contributed by atoms with van der Waals surface area (Å²) < 4.78 is 13.4. The largest absolute Gasteiger partial charge is 0.363 e. The Bertz CT molecular complexity index is 750. The summed E-state index contributed by atoms with van der Waals surface area (Å²) in [6.45, 7) is 1.80. The van der Waals surface area contributed by atoms with Crippen LogP contribution in [0.15, 0.2) is 24.5 Å². The van der Waals surface area contributed by atoms with Crippen molar-refractivity contribution in [2.75, 3.05) is 32.5 Å². The Hall–Kier alpha value is -2.21. The van der Waals surface area contributed by atoms with Crippen LogP contribution in [0.25, 0.3) is 21.9 Å². The van der Waals surface area contributed by atoms with E-state index in [1.54, 1.807) is 6.07 Å². The molecule has 0 bridgehead atoms. The number of H-pyrrole nitrogens is 1. The molecule has 0 fully saturated rings. The standard InChI is InChI=1S/C14H16FN5/c1-20(2)6-5-16-14-13-12(17-8-18-14)10-7-9(15)3-4-11(10)19-13/h3-4,7-8,19H,5-6H2,1-2H3,(H,16,17,18)/p+1. The molecule has 3 rings (SSSR count). The number of hydrogen-bond acceptors (Lipinski definition) is 3. The van der Waals surface area contributed by atoms with Crippen LogP contribution in [0.2, 0.25) is 0 Å². The molecule has 0 saturated heterocycles. The molecule has 2 heterocycles. The zero-order valence-corrected chi connectivity index (χ0v) is 11.5. The molecule has 5 nitrogen and oxygen atoms in total. The minimum atomic E-state index is -0.261. The summed E-state index contributed by atoms with van der Waals surface area (Å²) in [6.07, 6.45) is 1.51. The van der Waals surface area contributed by atoms with Gasteiger partial charge in [0.1, 0.15) is 23.2 Å². The third-order valence-electron chi connectivity index (χ3n) is 3.26. The third-order valence-corrected chi connectivity index (χ3v) is 3.26. The van der Waals surface area contributed by atoms with Crippen LogP contribution in [-0.2, 0) is 0 Å². The maximum atomic E-state index is 13.4. The van der Waals surface area contributed by atoms with E-state index in [-0.39, 0.29) is 5.82 Å². The molecule has 0 spiro atoms. The molecule has 0 atom stereocenters. The van der Waals surface area contributed by atoms with Crippen LogP contribution >= 0.6 is 0 Å². The van der Waals surface area contributed by atoms with Gasteiger partial charge in [0, 0.05) is 10.9 Å². The maximum Gasteiger partial charge on any atom is 0.154 e. The molecule has 3 N–H and O–H groups in total. The van der Waals surface area contributed by atoms with Gasteiger partial charge >= 0.3 is 0 Å². The molecule has 3 aromatic rings. The molecule has 1 aromatic carbocycles. The zero-order valence-electron chi connectivity index (χ0n) is 11.5. The number of likely N-dealkylation sites (N-methyl/N-ethyl adjacent to an activating group) is 1. The summed E-state index contributed by atoms with van der Waals surface area (Å²) in [4.78, 5) is 13.1. The van der Waals surface area contributed by atoms with Gasteiger partial charge in [-0.1, -0.05) is 0 Å². The number of fused-ring (bicyclic) bond motifs is 3. The average molecular weight is 274 g/mol. The average Bonchev–Trinajstić information content (AvgIpc) is 2.77. The number of hydrogen-bond donors (Lipinski definition) is 3. The van der Waals surface area contributed by atoms with Crippen molar-refractivity contribution >= 4 is 27.8 Å². The van der Waals surface area contributed by atoms with Gasteiger partial charge in [-0.3, -0.25) is 0 Å². The molecular formula is C14H17FN5+. The molecular weight excluding hydrogens is 257 g/mol. The number of nitrogens with one attached hydrogen (secondary N) is 3. The van der Waals surface area contributed by atoms with Gasteiger partial charge in [0.15, 0.2) is 5.82 Å². The molecule has 0 radical (unpaired) electrons. The molecule has 0 amide bonds. The first kappa shape index (κ1) is 12.8. The molecule has 2 aromatic heterocycles. The number of anilines is 1. The fourth-order valence-electron chi connectivity index (χ4n) is 2.23. The lowest BCUT2D eigenvalue weighted by molar-refractivity contribution is -0.856. The van der Waals surface area contributed by atoms with Crippen molar-refractivity contribution in [3.05, 3.63) is 30.3 Å². The predicted molar refractivity (Wildman–Crippen MR) is 77.5 cm³/mol. The van der Waals surface area contributed by atoms with Crippen LogP contribution in [0.5, 0.6) is 0 Å². The van der Waals surface area contributed by atoms with Crippen molar-refractivity contribution in [3.63, 3.8) is 0 Å². The van der Waals surface area contributed by atoms with E-state index in [4.69, 9.17) is 0 Å². The molecule has 0 saturated carbocycles. The number of nitrogens with zero attached hydrogens (tertiary/aromatic N) is 2. The Morgan fingerprint density at radius 2 is 2.15 bits per heavy atom. The summed E-state index contributed by atoms with van der Waals surface area (Å²) in [5.74, 6) is 0.496. The van der Waals surface area contributed by atoms with E-state index in [2.05, 4.69) is 34.4 Å². The second-order valence-corrected chi connectivity index (χ2v) is 5.14. The normalized spacial score (nSPS) is 11.6. The highest BCUT2D eigenvalue weighted by Gasteiger charge is 2.11. The van der Waals surface area contributed by atoms with E-state index in [1.807, 2.05) is 0 Å². The lowest BCUT2D eigenvalue weighted by Gasteiger charge is -2.09. The van der Waals surface area contributed by atoms with Gasteiger partial charge in [-0.05, 0) is 18.2 Å². The summed E-state index contributed by atoms with van der Waals surface area (Å²) in [6, 6.07) is 4.66. The Morgan fingerprint density at radius 3 is 2.95 bits per heavy atom. The van der Waals surface area contributed by atoms with E-state index in [1.165, 1.54) is 23.4 Å². The number of benzene rings is 1. The number of halogens is 1. The van der Waals surface area contributed by atoms with Crippen LogP contribution in [0.3, 0.4) is 0 Å². The van der Waals surface area contributed by atoms with Crippen molar-refractivity contribution in [3.8, 4) is 0 Å². The summed E-state index contributed by atoms with van der Waals surface area (Å²) in [5.41, 5.74) is 2.43. The Labute approximate surface area is 115 Å². The van der Waals surface area contributed by atoms with Crippen LogP contribution in [0.1, 0.15) is 0 Å². The summed E-state index contributed by atoms with van der Waals surface area (Å²) in [7, 11) is 4.20. The van der Waals surface area contributed by atoms with Crippen molar-refractivity contribution in [1.82, 2.24) is 15.0 Å². The first-order chi connectivity index (χ1) is 9.65. The Balaban J connectivity index is 2.03. The summed E-state index contributed by atoms with van der Waals surface area (Å²) >= 11 is 0. The number of rotatable bonds is 4. The first-order valence-electron chi connectivity index (χ1n) is 6.60. The van der Waals surface area contributed by atoms with Crippen LogP contribution in [-0.4, -0.2) is 42.1 Å². The molecule has 0 aliphatic carbocycles. The quantitative estimate of drug-likeness (QED) is 0.660. The van der Waals surface area contributed by atoms with Crippen LogP contribution in [0, 0.1) is 5.82 Å². The number of aromatic nitrogens is 3. The number of quaternary nitrogens is 1. The minimum Gasteiger partial charge on any atom is -0.363 e. The second kappa shape index (κ2) is 5.05. The third kappa shape index (κ3) is 2.30. The van der Waals surface area contributed by atoms with Crippen molar-refractivity contribution < 1.29 is 9.29 Å². The van der Waals surface area contributed by atoms with Gasteiger partial charge in [0.25, 0.3) is 0 Å². The predicted octanol–water partition coefficient (Wildman–Crippen LogP) is 0.807. The second-order valence-electron chi connectivity index (χ2n) is 5.14. The highest BCUT2D eigenvalue weighted by atomic mass is 19.1. The lowest BCUT2D eigenvalue weighted by Crippen LogP contribution is -3.06. The van der Waals surface area contributed by atoms with E-state index in [0.29, 0.717) is 0 Å². The lowest BCUT2D eigenvalue weighted by atomic mass is 10.2. The fraction of sp³-hybridized carbons (Fsp3) is 0.286. The highest BCUT2D eigenvalue weighted by Crippen LogP contribution is 2.27. The van der Waals surface area contributed by atoms with Crippen molar-refractivity contribution in [2.24, 2.45) is 0 Å². The molecule has 0 aliphatic rings. The fourth-order valence-corrected chi connectivity index (χ4v) is 2.23. The van der Waals surface area contributed by atoms with E-state index >= 15 is 0 Å². The first-order valence-corrected chi connectivity index (χ1v) is 6.60. The SMILES string of the molecule is C[NH+](C)CCNc1ncnc2c1[nH]c1ccc(F)cc12. The smallest absolute Gasteiger partial charge is 0.154 e. The monoisotopic (exact) mass is 274 g/mol. The number of aromatic amines is 1. The molecule has 0 aliphatic heterocycles. The van der Waals surface area contributed by atoms with Crippen LogP contribution in [0.4, 0.5) is 10.2 Å². The Morgan fingerprint density at radius 1 is 1.30 bits per heavy atom. The summed E-state index contributed by atoms with van der Waals surface area (Å²) in [5, 5.41) is 4.08. The van der Waals surface area contributed by atoms with Crippen molar-refractivity contribution in [1.29, 1.82) is 0 Å².